The monoisotopic (exact) mass is 520 g/mol. The van der Waals surface area contributed by atoms with Crippen LogP contribution in [0.2, 0.25) is 0 Å². The van der Waals surface area contributed by atoms with Crippen LogP contribution in [-0.4, -0.2) is 70.8 Å². The topological polar surface area (TPSA) is 77.4 Å². The molecule has 38 heavy (non-hydrogen) atoms. The maximum atomic E-state index is 12.6. The largest absolute Gasteiger partial charge is 0.444 e. The minimum Gasteiger partial charge on any atom is -0.444 e. The Morgan fingerprint density at radius 3 is 2.24 bits per heavy atom. The SMILES string of the molecule is CC(C)(C)OC(=O)N1C[C@H](CN[C@@H](C2=NC(c3ccccc3)CN2Cc2ccccc2)C(C)(C)C)[C@@H](O)C1. The summed E-state index contributed by atoms with van der Waals surface area (Å²) in [4.78, 5) is 21.9. The summed E-state index contributed by atoms with van der Waals surface area (Å²) in [5, 5.41) is 14.6. The number of rotatable bonds is 7. The third-order valence-electron chi connectivity index (χ3n) is 7.17. The molecule has 1 amide bonds. The summed E-state index contributed by atoms with van der Waals surface area (Å²) in [5.41, 5.74) is 1.79. The van der Waals surface area contributed by atoms with Gasteiger partial charge in [0.1, 0.15) is 11.4 Å². The van der Waals surface area contributed by atoms with Crippen molar-refractivity contribution in [2.75, 3.05) is 26.2 Å². The lowest BCUT2D eigenvalue weighted by Crippen LogP contribution is -2.53. The standard InChI is InChI=1S/C31H44N4O3/c1-30(2,3)27(32-17-24-19-35(21-26(24)36)29(37)38-31(4,5)6)28-33-25(23-15-11-8-12-16-23)20-34(28)18-22-13-9-7-10-14-22/h7-16,24-27,32,36H,17-21H2,1-6H3/t24-,25?,26-,27-/m0/s1. The first-order valence-corrected chi connectivity index (χ1v) is 13.7. The summed E-state index contributed by atoms with van der Waals surface area (Å²) in [6.45, 7) is 15.2. The molecule has 0 saturated carbocycles. The second-order valence-electron chi connectivity index (χ2n) is 12.7. The maximum absolute atomic E-state index is 12.6. The number of benzene rings is 2. The number of ether oxygens (including phenoxy) is 1. The van der Waals surface area contributed by atoms with Gasteiger partial charge in [0.05, 0.1) is 24.7 Å². The lowest BCUT2D eigenvalue weighted by atomic mass is 9.85. The molecule has 2 aliphatic rings. The van der Waals surface area contributed by atoms with Crippen molar-refractivity contribution in [2.24, 2.45) is 16.3 Å². The number of amides is 1. The highest BCUT2D eigenvalue weighted by molar-refractivity contribution is 5.90. The summed E-state index contributed by atoms with van der Waals surface area (Å²) in [6.07, 6.45) is -0.968. The molecule has 1 saturated heterocycles. The van der Waals surface area contributed by atoms with Gasteiger partial charge in [0.25, 0.3) is 0 Å². The fourth-order valence-electron chi connectivity index (χ4n) is 5.23. The highest BCUT2D eigenvalue weighted by Crippen LogP contribution is 2.32. The van der Waals surface area contributed by atoms with Crippen LogP contribution in [0, 0.1) is 11.3 Å². The molecule has 1 fully saturated rings. The van der Waals surface area contributed by atoms with Gasteiger partial charge >= 0.3 is 6.09 Å². The van der Waals surface area contributed by atoms with E-state index in [1.54, 1.807) is 4.90 Å². The minimum atomic E-state index is -0.598. The Bertz CT molecular complexity index is 1090. The van der Waals surface area contributed by atoms with Gasteiger partial charge in [-0.2, -0.15) is 0 Å². The van der Waals surface area contributed by atoms with Gasteiger partial charge in [0, 0.05) is 32.1 Å². The smallest absolute Gasteiger partial charge is 0.410 e. The van der Waals surface area contributed by atoms with Gasteiger partial charge in [0.2, 0.25) is 0 Å². The van der Waals surface area contributed by atoms with Crippen LogP contribution in [0.5, 0.6) is 0 Å². The Hall–Kier alpha value is -2.90. The van der Waals surface area contributed by atoms with Crippen LogP contribution in [0.3, 0.4) is 0 Å². The molecule has 1 unspecified atom stereocenters. The zero-order valence-electron chi connectivity index (χ0n) is 23.7. The van der Waals surface area contributed by atoms with E-state index < -0.39 is 11.7 Å². The molecule has 7 heteroatoms. The average Bonchev–Trinajstić information content (AvgIpc) is 3.42. The fourth-order valence-corrected chi connectivity index (χ4v) is 5.23. The maximum Gasteiger partial charge on any atom is 0.410 e. The predicted octanol–water partition coefficient (Wildman–Crippen LogP) is 4.87. The highest BCUT2D eigenvalue weighted by atomic mass is 16.6. The number of hydrogen-bond donors (Lipinski definition) is 2. The number of carbonyl (C=O) groups is 1. The average molecular weight is 521 g/mol. The van der Waals surface area contributed by atoms with Crippen molar-refractivity contribution in [1.29, 1.82) is 0 Å². The molecular formula is C31H44N4O3. The van der Waals surface area contributed by atoms with Gasteiger partial charge in [-0.3, -0.25) is 4.99 Å². The first-order chi connectivity index (χ1) is 17.9. The first-order valence-electron chi connectivity index (χ1n) is 13.7. The number of aliphatic hydroxyl groups is 1. The number of carbonyl (C=O) groups excluding carboxylic acids is 1. The van der Waals surface area contributed by atoms with Gasteiger partial charge in [0.15, 0.2) is 0 Å². The second kappa shape index (κ2) is 11.5. The Kier molecular flexibility index (Phi) is 8.48. The number of β-amino-alcohol motifs (C(OH)–C–C–N with tert-alkyl or cyclic N) is 1. The molecule has 0 radical (unpaired) electrons. The van der Waals surface area contributed by atoms with Crippen molar-refractivity contribution in [1.82, 2.24) is 15.1 Å². The number of amidine groups is 1. The van der Waals surface area contributed by atoms with E-state index in [2.05, 4.69) is 79.5 Å². The number of aliphatic imine (C=N–C) groups is 1. The van der Waals surface area contributed by atoms with Crippen LogP contribution >= 0.6 is 0 Å². The van der Waals surface area contributed by atoms with Gasteiger partial charge < -0.3 is 25.0 Å². The van der Waals surface area contributed by atoms with Crippen molar-refractivity contribution in [3.8, 4) is 0 Å². The number of likely N-dealkylation sites (tertiary alicyclic amines) is 1. The molecule has 0 spiro atoms. The minimum absolute atomic E-state index is 0.0253. The van der Waals surface area contributed by atoms with Crippen molar-refractivity contribution >= 4 is 11.9 Å². The van der Waals surface area contributed by atoms with E-state index in [0.29, 0.717) is 19.6 Å². The molecule has 4 rings (SSSR count). The lowest BCUT2D eigenvalue weighted by Gasteiger charge is -2.36. The zero-order valence-corrected chi connectivity index (χ0v) is 23.7. The number of nitrogens with zero attached hydrogens (tertiary/aromatic N) is 3. The van der Waals surface area contributed by atoms with E-state index in [1.165, 1.54) is 11.1 Å². The van der Waals surface area contributed by atoms with Gasteiger partial charge in [-0.1, -0.05) is 81.4 Å². The molecule has 0 bridgehead atoms. The van der Waals surface area contributed by atoms with E-state index in [1.807, 2.05) is 32.9 Å². The zero-order chi connectivity index (χ0) is 27.5. The molecule has 2 aliphatic heterocycles. The van der Waals surface area contributed by atoms with Gasteiger partial charge in [-0.15, -0.1) is 0 Å². The van der Waals surface area contributed by atoms with Crippen molar-refractivity contribution in [3.63, 3.8) is 0 Å². The van der Waals surface area contributed by atoms with Gasteiger partial charge in [-0.05, 0) is 37.3 Å². The van der Waals surface area contributed by atoms with Gasteiger partial charge in [-0.25, -0.2) is 4.79 Å². The van der Waals surface area contributed by atoms with E-state index in [0.717, 1.165) is 18.9 Å². The Morgan fingerprint density at radius 1 is 1.00 bits per heavy atom. The molecule has 2 aromatic rings. The van der Waals surface area contributed by atoms with Crippen LogP contribution in [0.25, 0.3) is 0 Å². The molecule has 2 heterocycles. The molecule has 206 valence electrons. The quantitative estimate of drug-likeness (QED) is 0.545. The van der Waals surface area contributed by atoms with Crippen LogP contribution in [-0.2, 0) is 11.3 Å². The second-order valence-corrected chi connectivity index (χ2v) is 12.7. The van der Waals surface area contributed by atoms with Crippen LogP contribution < -0.4 is 5.32 Å². The number of hydrogen-bond acceptors (Lipinski definition) is 6. The predicted molar refractivity (Wildman–Crippen MR) is 152 cm³/mol. The third-order valence-corrected chi connectivity index (χ3v) is 7.17. The molecule has 2 aromatic carbocycles. The molecule has 0 aromatic heterocycles. The van der Waals surface area contributed by atoms with Crippen molar-refractivity contribution in [2.45, 2.75) is 71.9 Å². The Morgan fingerprint density at radius 2 is 1.63 bits per heavy atom. The summed E-state index contributed by atoms with van der Waals surface area (Å²) < 4.78 is 5.53. The van der Waals surface area contributed by atoms with E-state index in [4.69, 9.17) is 9.73 Å². The number of aliphatic hydroxyl groups excluding tert-OH is 1. The molecule has 2 N–H and O–H groups in total. The summed E-state index contributed by atoms with van der Waals surface area (Å²) in [6, 6.07) is 21.0. The first kappa shape index (κ1) is 28.1. The number of nitrogens with one attached hydrogen (secondary N) is 1. The molecule has 4 atom stereocenters. The third kappa shape index (κ3) is 7.14. The van der Waals surface area contributed by atoms with Crippen LogP contribution in [0.1, 0.15) is 58.7 Å². The summed E-state index contributed by atoms with van der Waals surface area (Å²) >= 11 is 0. The molecule has 0 aliphatic carbocycles. The van der Waals surface area contributed by atoms with Crippen molar-refractivity contribution in [3.05, 3.63) is 71.8 Å². The van der Waals surface area contributed by atoms with E-state index in [-0.39, 0.29) is 29.5 Å². The normalized spacial score (nSPS) is 22.9. The summed E-state index contributed by atoms with van der Waals surface area (Å²) in [7, 11) is 0. The molecular weight excluding hydrogens is 476 g/mol. The highest BCUT2D eigenvalue weighted by Gasteiger charge is 2.40. The Balaban J connectivity index is 1.52. The lowest BCUT2D eigenvalue weighted by molar-refractivity contribution is 0.0269. The van der Waals surface area contributed by atoms with Crippen LogP contribution in [0.15, 0.2) is 65.7 Å². The van der Waals surface area contributed by atoms with Crippen molar-refractivity contribution < 1.29 is 14.6 Å². The van der Waals surface area contributed by atoms with Crippen LogP contribution in [0.4, 0.5) is 4.79 Å². The fraction of sp³-hybridized carbons (Fsp3) is 0.548. The van der Waals surface area contributed by atoms with E-state index in [9.17, 15) is 9.90 Å². The Labute approximate surface area is 227 Å². The van der Waals surface area contributed by atoms with E-state index >= 15 is 0 Å². The molecule has 7 nitrogen and oxygen atoms in total. The summed E-state index contributed by atoms with van der Waals surface area (Å²) in [5.74, 6) is 0.966.